The third-order valence-corrected chi connectivity index (χ3v) is 4.55. The Labute approximate surface area is 149 Å². The lowest BCUT2D eigenvalue weighted by atomic mass is 9.93. The Balaban J connectivity index is 0.000000511. The second kappa shape index (κ2) is 11.0. The number of halogens is 2. The molecule has 1 saturated carbocycles. The van der Waals surface area contributed by atoms with Crippen LogP contribution in [0, 0.1) is 0 Å². The quantitative estimate of drug-likeness (QED) is 0.801. The van der Waals surface area contributed by atoms with Crippen LogP contribution < -0.4 is 0 Å². The molecule has 25 heavy (non-hydrogen) atoms. The van der Waals surface area contributed by atoms with Gasteiger partial charge in [-0.15, -0.1) is 0 Å². The predicted molar refractivity (Wildman–Crippen MR) is 97.2 cm³/mol. The zero-order valence-electron chi connectivity index (χ0n) is 14.5. The summed E-state index contributed by atoms with van der Waals surface area (Å²) < 4.78 is 19.8. The van der Waals surface area contributed by atoms with Crippen molar-refractivity contribution >= 4 is 0 Å². The number of aliphatic hydroxyl groups excluding tert-OH is 1. The van der Waals surface area contributed by atoms with Gasteiger partial charge in [0.05, 0.1) is 0 Å². The molecule has 4 heteroatoms. The van der Waals surface area contributed by atoms with E-state index in [0.717, 1.165) is 19.1 Å². The van der Waals surface area contributed by atoms with Gasteiger partial charge < -0.3 is 5.11 Å². The van der Waals surface area contributed by atoms with Crippen LogP contribution in [0.1, 0.15) is 43.2 Å². The number of rotatable bonds is 5. The van der Waals surface area contributed by atoms with E-state index in [1.807, 2.05) is 0 Å². The second-order valence-corrected chi connectivity index (χ2v) is 6.45. The number of benzene rings is 2. The Morgan fingerprint density at radius 1 is 0.800 bits per heavy atom. The fourth-order valence-corrected chi connectivity index (χ4v) is 3.40. The van der Waals surface area contributed by atoms with Crippen molar-refractivity contribution in [1.29, 1.82) is 0 Å². The summed E-state index contributed by atoms with van der Waals surface area (Å²) in [7, 11) is 0. The van der Waals surface area contributed by atoms with Crippen LogP contribution in [0.2, 0.25) is 0 Å². The van der Waals surface area contributed by atoms with Crippen LogP contribution in [0.15, 0.2) is 60.7 Å². The molecule has 0 saturated heterocycles. The molecular formula is C21H27F2NO. The maximum absolute atomic E-state index is 9.89. The van der Waals surface area contributed by atoms with Crippen molar-refractivity contribution in [2.45, 2.75) is 57.8 Å². The molecule has 1 fully saturated rings. The molecule has 3 rings (SSSR count). The number of aliphatic hydroxyl groups is 1. The van der Waals surface area contributed by atoms with Gasteiger partial charge in [0.15, 0.2) is 0 Å². The van der Waals surface area contributed by atoms with Crippen molar-refractivity contribution < 1.29 is 13.9 Å². The maximum Gasteiger partial charge on any atom is 0.342 e. The van der Waals surface area contributed by atoms with Crippen LogP contribution in [0.3, 0.4) is 0 Å². The first-order valence-electron chi connectivity index (χ1n) is 8.93. The second-order valence-electron chi connectivity index (χ2n) is 6.45. The maximum atomic E-state index is 9.89. The molecule has 0 amide bonds. The number of hydrogen-bond acceptors (Lipinski definition) is 2. The summed E-state index contributed by atoms with van der Waals surface area (Å²) in [6.45, 7) is -1.03. The Morgan fingerprint density at radius 3 is 1.60 bits per heavy atom. The number of hydrogen-bond donors (Lipinski definition) is 1. The van der Waals surface area contributed by atoms with E-state index < -0.39 is 6.61 Å². The molecule has 0 heterocycles. The van der Waals surface area contributed by atoms with E-state index in [1.165, 1.54) is 43.2 Å². The molecule has 0 aromatic heterocycles. The molecular weight excluding hydrogens is 320 g/mol. The Kier molecular flexibility index (Phi) is 8.56. The van der Waals surface area contributed by atoms with E-state index in [9.17, 15) is 8.78 Å². The lowest BCUT2D eigenvalue weighted by Crippen LogP contribution is -2.35. The minimum atomic E-state index is -3.17. The van der Waals surface area contributed by atoms with Crippen LogP contribution in [0.4, 0.5) is 8.78 Å². The van der Waals surface area contributed by atoms with Crippen LogP contribution in [-0.2, 0) is 13.1 Å². The molecule has 0 unspecified atom stereocenters. The summed E-state index contributed by atoms with van der Waals surface area (Å²) in [6, 6.07) is 22.6. The summed E-state index contributed by atoms with van der Waals surface area (Å²) in [4.78, 5) is 2.68. The molecule has 0 atom stereocenters. The van der Waals surface area contributed by atoms with Gasteiger partial charge in [-0.2, -0.15) is 8.78 Å². The van der Waals surface area contributed by atoms with Crippen molar-refractivity contribution in [2.24, 2.45) is 0 Å². The summed E-state index contributed by atoms with van der Waals surface area (Å²) in [5.74, 6) is 0. The Hall–Kier alpha value is -1.78. The van der Waals surface area contributed by atoms with Crippen LogP contribution in [0.25, 0.3) is 0 Å². The highest BCUT2D eigenvalue weighted by Gasteiger charge is 2.21. The predicted octanol–water partition coefficient (Wildman–Crippen LogP) is 5.22. The van der Waals surface area contributed by atoms with E-state index in [-0.39, 0.29) is 0 Å². The molecule has 1 aliphatic carbocycles. The van der Waals surface area contributed by atoms with Gasteiger partial charge in [0.25, 0.3) is 0 Å². The fourth-order valence-electron chi connectivity index (χ4n) is 3.40. The highest BCUT2D eigenvalue weighted by molar-refractivity contribution is 5.17. The zero-order chi connectivity index (χ0) is 17.9. The highest BCUT2D eigenvalue weighted by Crippen LogP contribution is 2.25. The molecule has 2 nitrogen and oxygen atoms in total. The smallest absolute Gasteiger partial charge is 0.339 e. The van der Waals surface area contributed by atoms with Gasteiger partial charge in [-0.1, -0.05) is 79.9 Å². The van der Waals surface area contributed by atoms with Gasteiger partial charge in [-0.3, -0.25) is 4.90 Å². The SMILES string of the molecule is OC(F)F.c1ccc(CN(Cc2ccccc2)C2CCCCC2)cc1. The van der Waals surface area contributed by atoms with Crippen LogP contribution in [-0.4, -0.2) is 22.7 Å². The zero-order valence-corrected chi connectivity index (χ0v) is 14.5. The lowest BCUT2D eigenvalue weighted by Gasteiger charge is -2.34. The van der Waals surface area contributed by atoms with Gasteiger partial charge in [-0.05, 0) is 24.0 Å². The topological polar surface area (TPSA) is 23.5 Å². The average molecular weight is 347 g/mol. The van der Waals surface area contributed by atoms with Gasteiger partial charge in [0.2, 0.25) is 0 Å². The molecule has 2 aromatic rings. The monoisotopic (exact) mass is 347 g/mol. The molecule has 1 aliphatic rings. The summed E-state index contributed by atoms with van der Waals surface area (Å²) in [5, 5.41) is 6.72. The third kappa shape index (κ3) is 7.76. The minimum Gasteiger partial charge on any atom is -0.339 e. The summed E-state index contributed by atoms with van der Waals surface area (Å²) in [6.07, 6.45) is 6.93. The molecule has 0 radical (unpaired) electrons. The standard InChI is InChI=1S/C20H25N.CH2F2O/c1-4-10-18(11-5-1)16-21(20-14-8-3-9-15-20)17-19-12-6-2-7-13-19;2-1(3)4/h1-2,4-7,10-13,20H,3,8-9,14-17H2;1,4H. The first-order valence-corrected chi connectivity index (χ1v) is 8.93. The van der Waals surface area contributed by atoms with E-state index in [1.54, 1.807) is 0 Å². The normalized spacial score (nSPS) is 15.1. The van der Waals surface area contributed by atoms with Gasteiger partial charge in [0, 0.05) is 19.1 Å². The average Bonchev–Trinajstić information content (AvgIpc) is 2.63. The van der Waals surface area contributed by atoms with Gasteiger partial charge >= 0.3 is 6.61 Å². The first kappa shape index (κ1) is 19.5. The minimum absolute atomic E-state index is 0.749. The molecule has 136 valence electrons. The highest BCUT2D eigenvalue weighted by atomic mass is 19.3. The summed E-state index contributed by atoms with van der Waals surface area (Å²) >= 11 is 0. The van der Waals surface area contributed by atoms with Gasteiger partial charge in [0.1, 0.15) is 0 Å². The van der Waals surface area contributed by atoms with Crippen molar-refractivity contribution in [3.8, 4) is 0 Å². The largest absolute Gasteiger partial charge is 0.342 e. The molecule has 2 aromatic carbocycles. The van der Waals surface area contributed by atoms with Gasteiger partial charge in [-0.25, -0.2) is 0 Å². The molecule has 1 N–H and O–H groups in total. The molecule has 0 aliphatic heterocycles. The summed E-state index contributed by atoms with van der Waals surface area (Å²) in [5.41, 5.74) is 2.86. The van der Waals surface area contributed by atoms with Crippen molar-refractivity contribution in [2.75, 3.05) is 0 Å². The molecule has 0 bridgehead atoms. The number of nitrogens with zero attached hydrogens (tertiary/aromatic N) is 1. The third-order valence-electron chi connectivity index (χ3n) is 4.55. The van der Waals surface area contributed by atoms with Crippen LogP contribution in [0.5, 0.6) is 0 Å². The van der Waals surface area contributed by atoms with Crippen LogP contribution >= 0.6 is 0 Å². The van der Waals surface area contributed by atoms with E-state index >= 15 is 0 Å². The lowest BCUT2D eigenvalue weighted by molar-refractivity contribution is -0.0728. The van der Waals surface area contributed by atoms with E-state index in [4.69, 9.17) is 5.11 Å². The van der Waals surface area contributed by atoms with Crippen molar-refractivity contribution in [3.63, 3.8) is 0 Å². The van der Waals surface area contributed by atoms with E-state index in [0.29, 0.717) is 0 Å². The fraction of sp³-hybridized carbons (Fsp3) is 0.429. The van der Waals surface area contributed by atoms with Crippen molar-refractivity contribution in [3.05, 3.63) is 71.8 Å². The molecule has 0 spiro atoms. The Morgan fingerprint density at radius 2 is 1.20 bits per heavy atom. The number of alkyl halides is 2. The van der Waals surface area contributed by atoms with E-state index in [2.05, 4.69) is 65.6 Å². The van der Waals surface area contributed by atoms with Crippen molar-refractivity contribution in [1.82, 2.24) is 4.90 Å². The first-order chi connectivity index (χ1) is 12.1. The Bertz CT molecular complexity index is 527.